The van der Waals surface area contributed by atoms with Crippen molar-refractivity contribution in [2.75, 3.05) is 13.2 Å². The minimum Gasteiger partial charge on any atom is -1.00 e. The minimum atomic E-state index is -0.737. The minimum absolute atomic E-state index is 0. The first-order valence-corrected chi connectivity index (χ1v) is 7.95. The maximum Gasteiger partial charge on any atom is 1.00 e. The first-order valence-electron chi connectivity index (χ1n) is 7.95. The Morgan fingerprint density at radius 2 is 1.54 bits per heavy atom. The first-order chi connectivity index (χ1) is 11.3. The average Bonchev–Trinajstić information content (AvgIpc) is 3.23. The Morgan fingerprint density at radius 1 is 1.04 bits per heavy atom. The molecule has 2 aliphatic heterocycles. The van der Waals surface area contributed by atoms with Crippen LogP contribution in [0.15, 0.2) is 60.7 Å². The van der Waals surface area contributed by atoms with Crippen molar-refractivity contribution in [1.29, 1.82) is 0 Å². The molecule has 4 rings (SSSR count). The summed E-state index contributed by atoms with van der Waals surface area (Å²) in [5.41, 5.74) is 2.26. The second-order valence-corrected chi connectivity index (χ2v) is 6.24. The molecule has 0 spiro atoms. The van der Waals surface area contributed by atoms with E-state index in [1.165, 1.54) is 0 Å². The smallest absolute Gasteiger partial charge is 1.00 e. The van der Waals surface area contributed by atoms with Crippen LogP contribution in [0.25, 0.3) is 0 Å². The quantitative estimate of drug-likeness (QED) is 0.602. The molecule has 0 amide bonds. The monoisotopic (exact) mass is 333 g/mol. The largest absolute Gasteiger partial charge is 1.00 e. The number of benzene rings is 2. The van der Waals surface area contributed by atoms with Crippen LogP contribution in [0.2, 0.25) is 0 Å². The molecule has 5 heteroatoms. The van der Waals surface area contributed by atoms with Crippen LogP contribution in [0.3, 0.4) is 0 Å². The Labute approximate surface area is 165 Å². The summed E-state index contributed by atoms with van der Waals surface area (Å²) in [6.45, 7) is 1.34. The van der Waals surface area contributed by atoms with Gasteiger partial charge in [0.1, 0.15) is 6.04 Å². The number of hydrogen-bond donors (Lipinski definition) is 1. The number of carboxylic acid groups (broad SMARTS) is 1. The molecule has 2 saturated heterocycles. The molecule has 120 valence electrons. The number of carbonyl (C=O) groups is 1. The van der Waals surface area contributed by atoms with Crippen LogP contribution in [0.4, 0.5) is 0 Å². The first kappa shape index (κ1) is 17.6. The Bertz CT molecular complexity index is 657. The molecular formula is C19H20NNaO3. The molecule has 4 nitrogen and oxygen atoms in total. The molecular weight excluding hydrogens is 313 g/mol. The van der Waals surface area contributed by atoms with Crippen molar-refractivity contribution in [3.05, 3.63) is 71.8 Å². The summed E-state index contributed by atoms with van der Waals surface area (Å²) in [6.07, 6.45) is 0. The third-order valence-electron chi connectivity index (χ3n) is 4.83. The molecule has 24 heavy (non-hydrogen) atoms. The normalized spacial score (nSPS) is 25.6. The molecule has 0 aliphatic carbocycles. The van der Waals surface area contributed by atoms with E-state index in [1.54, 1.807) is 0 Å². The van der Waals surface area contributed by atoms with Crippen LogP contribution in [0.1, 0.15) is 18.6 Å². The van der Waals surface area contributed by atoms with Gasteiger partial charge in [0.05, 0.1) is 19.3 Å². The Balaban J connectivity index is 0.00000113. The van der Waals surface area contributed by atoms with E-state index >= 15 is 0 Å². The van der Waals surface area contributed by atoms with Crippen LogP contribution in [0, 0.1) is 5.92 Å². The number of carboxylic acids is 1. The van der Waals surface area contributed by atoms with Gasteiger partial charge in [0, 0.05) is 12.0 Å². The standard InChI is InChI=1S/C19H19NO3.Na.H/c21-19(22)18-17(15-11-23-12-15)20(18)16(13-7-3-1-4-8-13)14-9-5-2-6-10-14;;/h1-10,15-18H,11-12H2,(H,21,22);;/q;+1;-1/t17-,18+,20?;;/m1../s1. The van der Waals surface area contributed by atoms with Crippen LogP contribution in [-0.2, 0) is 9.53 Å². The average molecular weight is 333 g/mol. The summed E-state index contributed by atoms with van der Waals surface area (Å²) >= 11 is 0. The third-order valence-corrected chi connectivity index (χ3v) is 4.83. The van der Waals surface area contributed by atoms with Gasteiger partial charge in [-0.15, -0.1) is 0 Å². The summed E-state index contributed by atoms with van der Waals surface area (Å²) in [5.74, 6) is -0.412. The van der Waals surface area contributed by atoms with Crippen LogP contribution in [-0.4, -0.2) is 41.3 Å². The predicted molar refractivity (Wildman–Crippen MR) is 87.2 cm³/mol. The van der Waals surface area contributed by atoms with E-state index in [-0.39, 0.29) is 43.1 Å². The third kappa shape index (κ3) is 3.17. The topological polar surface area (TPSA) is 49.5 Å². The van der Waals surface area contributed by atoms with Crippen molar-refractivity contribution in [2.45, 2.75) is 18.1 Å². The molecule has 0 saturated carbocycles. The molecule has 1 unspecified atom stereocenters. The van der Waals surface area contributed by atoms with E-state index in [4.69, 9.17) is 4.74 Å². The molecule has 2 aromatic carbocycles. The van der Waals surface area contributed by atoms with Crippen LogP contribution in [0.5, 0.6) is 0 Å². The summed E-state index contributed by atoms with van der Waals surface area (Å²) in [6, 6.07) is 19.9. The molecule has 3 atom stereocenters. The molecule has 2 aliphatic rings. The van der Waals surface area contributed by atoms with Gasteiger partial charge in [0.15, 0.2) is 0 Å². The van der Waals surface area contributed by atoms with Crippen molar-refractivity contribution in [2.24, 2.45) is 5.92 Å². The molecule has 2 heterocycles. The van der Waals surface area contributed by atoms with Crippen LogP contribution >= 0.6 is 0 Å². The maximum absolute atomic E-state index is 11.7. The summed E-state index contributed by atoms with van der Waals surface area (Å²) in [4.78, 5) is 13.8. The van der Waals surface area contributed by atoms with Gasteiger partial charge in [-0.05, 0) is 11.1 Å². The van der Waals surface area contributed by atoms with Crippen molar-refractivity contribution in [3.8, 4) is 0 Å². The molecule has 0 bridgehead atoms. The van der Waals surface area contributed by atoms with E-state index in [2.05, 4.69) is 29.2 Å². The van der Waals surface area contributed by atoms with Crippen molar-refractivity contribution < 1.29 is 45.6 Å². The fraction of sp³-hybridized carbons (Fsp3) is 0.316. The maximum atomic E-state index is 11.7. The molecule has 1 N–H and O–H groups in total. The summed E-state index contributed by atoms with van der Waals surface area (Å²) < 4.78 is 5.28. The SMILES string of the molecule is O=C(O)[C@@H]1[C@@H](C2COC2)N1C(c1ccccc1)c1ccccc1.[H-].[Na+]. The van der Waals surface area contributed by atoms with Crippen molar-refractivity contribution >= 4 is 5.97 Å². The van der Waals surface area contributed by atoms with Gasteiger partial charge in [0.2, 0.25) is 0 Å². The van der Waals surface area contributed by atoms with Gasteiger partial charge < -0.3 is 11.3 Å². The van der Waals surface area contributed by atoms with Gasteiger partial charge in [0.25, 0.3) is 0 Å². The van der Waals surface area contributed by atoms with E-state index in [0.717, 1.165) is 11.1 Å². The predicted octanol–water partition coefficient (Wildman–Crippen LogP) is -0.324. The van der Waals surface area contributed by atoms with Gasteiger partial charge >= 0.3 is 35.5 Å². The number of hydrogen-bond acceptors (Lipinski definition) is 3. The van der Waals surface area contributed by atoms with Gasteiger partial charge in [-0.1, -0.05) is 60.7 Å². The zero-order valence-corrected chi connectivity index (χ0v) is 15.7. The van der Waals surface area contributed by atoms with Crippen LogP contribution < -0.4 is 29.6 Å². The summed E-state index contributed by atoms with van der Waals surface area (Å²) in [7, 11) is 0. The second kappa shape index (κ2) is 7.38. The molecule has 2 fully saturated rings. The Kier molecular flexibility index (Phi) is 5.42. The van der Waals surface area contributed by atoms with E-state index < -0.39 is 12.0 Å². The van der Waals surface area contributed by atoms with E-state index in [0.29, 0.717) is 19.1 Å². The van der Waals surface area contributed by atoms with E-state index in [1.807, 2.05) is 36.4 Å². The fourth-order valence-electron chi connectivity index (χ4n) is 3.63. The van der Waals surface area contributed by atoms with Gasteiger partial charge in [-0.3, -0.25) is 9.69 Å². The molecule has 0 radical (unpaired) electrons. The van der Waals surface area contributed by atoms with Gasteiger partial charge in [-0.25, -0.2) is 0 Å². The number of nitrogens with zero attached hydrogens (tertiary/aromatic N) is 1. The Morgan fingerprint density at radius 3 is 1.92 bits per heavy atom. The zero-order valence-electron chi connectivity index (χ0n) is 14.7. The van der Waals surface area contributed by atoms with E-state index in [9.17, 15) is 9.90 Å². The summed E-state index contributed by atoms with van der Waals surface area (Å²) in [5, 5.41) is 9.62. The fourth-order valence-corrected chi connectivity index (χ4v) is 3.63. The van der Waals surface area contributed by atoms with Crippen molar-refractivity contribution in [3.63, 3.8) is 0 Å². The number of aliphatic carboxylic acids is 1. The molecule has 2 aromatic rings. The second-order valence-electron chi connectivity index (χ2n) is 6.24. The number of ether oxygens (including phenoxy) is 1. The Hall–Kier alpha value is -1.17. The zero-order chi connectivity index (χ0) is 15.8. The number of rotatable bonds is 5. The van der Waals surface area contributed by atoms with Gasteiger partial charge in [-0.2, -0.15) is 0 Å². The molecule has 0 aromatic heterocycles. The van der Waals surface area contributed by atoms with Crippen molar-refractivity contribution in [1.82, 2.24) is 4.90 Å².